The monoisotopic (exact) mass is 198 g/mol. The van der Waals surface area contributed by atoms with Gasteiger partial charge in [0.05, 0.1) is 12.5 Å². The number of aromatic nitrogens is 1. The zero-order chi connectivity index (χ0) is 10.4. The fourth-order valence-electron chi connectivity index (χ4n) is 2.23. The van der Waals surface area contributed by atoms with E-state index in [9.17, 15) is 0 Å². The van der Waals surface area contributed by atoms with Gasteiger partial charge in [-0.2, -0.15) is 0 Å². The molecule has 3 rings (SSSR count). The first-order valence-corrected chi connectivity index (χ1v) is 5.31. The van der Waals surface area contributed by atoms with Crippen LogP contribution in [0.5, 0.6) is 0 Å². The Hall–Kier alpha value is -1.57. The molecule has 0 fully saturated rings. The van der Waals surface area contributed by atoms with Gasteiger partial charge in [0.2, 0.25) is 0 Å². The fraction of sp³-hybridized carbons (Fsp3) is 0.308. The molecule has 0 spiro atoms. The largest absolute Gasteiger partial charge is 0.347 e. The van der Waals surface area contributed by atoms with E-state index in [1.54, 1.807) is 0 Å². The summed E-state index contributed by atoms with van der Waals surface area (Å²) in [6.45, 7) is 3.08. The summed E-state index contributed by atoms with van der Waals surface area (Å²) in [5.74, 6) is 0.530. The van der Waals surface area contributed by atoms with Crippen LogP contribution in [0.1, 0.15) is 17.2 Å². The standard InChI is InChI=1S/C13H14N2/c1-9-3-4-12-10(5-9)6-13(15(12)2)11-7-14-8-11/h3-7,11H,8H2,1-2H3. The summed E-state index contributed by atoms with van der Waals surface area (Å²) in [5, 5.41) is 1.34. The predicted molar refractivity (Wildman–Crippen MR) is 63.8 cm³/mol. The Bertz CT molecular complexity index is 549. The first kappa shape index (κ1) is 8.72. The van der Waals surface area contributed by atoms with E-state index in [4.69, 9.17) is 0 Å². The van der Waals surface area contributed by atoms with Gasteiger partial charge in [-0.1, -0.05) is 11.6 Å². The van der Waals surface area contributed by atoms with Crippen molar-refractivity contribution in [2.75, 3.05) is 6.54 Å². The molecule has 2 heteroatoms. The second kappa shape index (κ2) is 2.96. The maximum atomic E-state index is 4.16. The van der Waals surface area contributed by atoms with E-state index in [2.05, 4.69) is 47.8 Å². The third kappa shape index (κ3) is 1.21. The van der Waals surface area contributed by atoms with Crippen molar-refractivity contribution < 1.29 is 0 Å². The summed E-state index contributed by atoms with van der Waals surface area (Å²) < 4.78 is 2.28. The minimum atomic E-state index is 0.530. The highest BCUT2D eigenvalue weighted by atomic mass is 15.0. The van der Waals surface area contributed by atoms with Gasteiger partial charge in [-0.25, -0.2) is 0 Å². The molecule has 1 aliphatic rings. The van der Waals surface area contributed by atoms with Gasteiger partial charge in [0.1, 0.15) is 0 Å². The van der Waals surface area contributed by atoms with Crippen molar-refractivity contribution in [3.63, 3.8) is 0 Å². The van der Waals surface area contributed by atoms with Crippen LogP contribution < -0.4 is 0 Å². The lowest BCUT2D eigenvalue weighted by molar-refractivity contribution is 0.752. The third-order valence-electron chi connectivity index (χ3n) is 3.20. The molecule has 0 N–H and O–H groups in total. The maximum absolute atomic E-state index is 4.16. The molecule has 0 radical (unpaired) electrons. The van der Waals surface area contributed by atoms with Crippen LogP contribution >= 0.6 is 0 Å². The van der Waals surface area contributed by atoms with Crippen LogP contribution in [0.3, 0.4) is 0 Å². The van der Waals surface area contributed by atoms with Crippen LogP contribution in [0.4, 0.5) is 0 Å². The molecule has 1 atom stereocenters. The molecule has 2 nitrogen and oxygen atoms in total. The Morgan fingerprint density at radius 3 is 2.80 bits per heavy atom. The molecule has 2 aromatic rings. The van der Waals surface area contributed by atoms with Crippen LogP contribution in [0, 0.1) is 6.92 Å². The SMILES string of the molecule is Cc1ccc2c(c1)cc(C1C=NC1)n2C. The number of fused-ring (bicyclic) bond motifs is 1. The Morgan fingerprint density at radius 2 is 2.13 bits per heavy atom. The fourth-order valence-corrected chi connectivity index (χ4v) is 2.23. The molecular weight excluding hydrogens is 184 g/mol. The van der Waals surface area contributed by atoms with Gasteiger partial charge >= 0.3 is 0 Å². The summed E-state index contributed by atoms with van der Waals surface area (Å²) in [6.07, 6.45) is 2.04. The van der Waals surface area contributed by atoms with Crippen molar-refractivity contribution in [1.29, 1.82) is 0 Å². The second-order valence-corrected chi connectivity index (χ2v) is 4.31. The average Bonchev–Trinajstić information content (AvgIpc) is 2.41. The van der Waals surface area contributed by atoms with E-state index in [-0.39, 0.29) is 0 Å². The molecule has 1 unspecified atom stereocenters. The molecule has 0 saturated carbocycles. The maximum Gasteiger partial charge on any atom is 0.0537 e. The quantitative estimate of drug-likeness (QED) is 0.670. The van der Waals surface area contributed by atoms with Crippen molar-refractivity contribution in [3.05, 3.63) is 35.5 Å². The molecular formula is C13H14N2. The minimum Gasteiger partial charge on any atom is -0.347 e. The summed E-state index contributed by atoms with van der Waals surface area (Å²) in [4.78, 5) is 4.16. The van der Waals surface area contributed by atoms with E-state index < -0.39 is 0 Å². The lowest BCUT2D eigenvalue weighted by Gasteiger charge is -2.17. The lowest BCUT2D eigenvalue weighted by atomic mass is 10.0. The molecule has 0 amide bonds. The number of benzene rings is 1. The number of aryl methyl sites for hydroxylation is 2. The van der Waals surface area contributed by atoms with E-state index in [0.717, 1.165) is 6.54 Å². The van der Waals surface area contributed by atoms with Gasteiger partial charge in [0.15, 0.2) is 0 Å². The summed E-state index contributed by atoms with van der Waals surface area (Å²) >= 11 is 0. The second-order valence-electron chi connectivity index (χ2n) is 4.31. The van der Waals surface area contributed by atoms with Crippen molar-refractivity contribution in [3.8, 4) is 0 Å². The van der Waals surface area contributed by atoms with Gasteiger partial charge in [-0.3, -0.25) is 4.99 Å². The highest BCUT2D eigenvalue weighted by Gasteiger charge is 2.18. The highest BCUT2D eigenvalue weighted by Crippen LogP contribution is 2.27. The molecule has 76 valence electrons. The molecule has 1 aromatic heterocycles. The first-order valence-electron chi connectivity index (χ1n) is 5.31. The van der Waals surface area contributed by atoms with Crippen LogP contribution in [-0.4, -0.2) is 17.3 Å². The van der Waals surface area contributed by atoms with Crippen molar-refractivity contribution in [2.45, 2.75) is 12.8 Å². The Morgan fingerprint density at radius 1 is 1.33 bits per heavy atom. The number of hydrogen-bond donors (Lipinski definition) is 0. The summed E-state index contributed by atoms with van der Waals surface area (Å²) in [7, 11) is 2.14. The van der Waals surface area contributed by atoms with Gasteiger partial charge in [-0.05, 0) is 25.1 Å². The predicted octanol–water partition coefficient (Wildman–Crippen LogP) is 2.65. The zero-order valence-electron chi connectivity index (χ0n) is 9.07. The number of rotatable bonds is 1. The van der Waals surface area contributed by atoms with E-state index >= 15 is 0 Å². The molecule has 2 heterocycles. The molecule has 0 saturated heterocycles. The molecule has 1 aromatic carbocycles. The smallest absolute Gasteiger partial charge is 0.0537 e. The number of nitrogens with zero attached hydrogens (tertiary/aromatic N) is 2. The van der Waals surface area contributed by atoms with E-state index in [1.165, 1.54) is 22.2 Å². The Labute approximate surface area is 89.2 Å². The normalized spacial score (nSPS) is 19.5. The van der Waals surface area contributed by atoms with Crippen LogP contribution in [0.2, 0.25) is 0 Å². The van der Waals surface area contributed by atoms with Crippen LogP contribution in [-0.2, 0) is 7.05 Å². The zero-order valence-corrected chi connectivity index (χ0v) is 9.07. The number of hydrogen-bond acceptors (Lipinski definition) is 1. The van der Waals surface area contributed by atoms with Gasteiger partial charge in [0, 0.05) is 29.9 Å². The van der Waals surface area contributed by atoms with Crippen molar-refractivity contribution in [2.24, 2.45) is 12.0 Å². The summed E-state index contributed by atoms with van der Waals surface area (Å²) in [5.41, 5.74) is 4.02. The molecule has 0 bridgehead atoms. The molecule has 1 aliphatic heterocycles. The average molecular weight is 198 g/mol. The first-order chi connectivity index (χ1) is 7.25. The van der Waals surface area contributed by atoms with E-state index in [1.807, 2.05) is 6.21 Å². The van der Waals surface area contributed by atoms with Gasteiger partial charge < -0.3 is 4.57 Å². The van der Waals surface area contributed by atoms with Crippen LogP contribution in [0.15, 0.2) is 29.3 Å². The minimum absolute atomic E-state index is 0.530. The Kier molecular flexibility index (Phi) is 1.72. The molecule has 15 heavy (non-hydrogen) atoms. The lowest BCUT2D eigenvalue weighted by Crippen LogP contribution is -2.16. The van der Waals surface area contributed by atoms with Crippen LogP contribution in [0.25, 0.3) is 10.9 Å². The van der Waals surface area contributed by atoms with Gasteiger partial charge in [0.25, 0.3) is 0 Å². The topological polar surface area (TPSA) is 17.3 Å². The third-order valence-corrected chi connectivity index (χ3v) is 3.20. The van der Waals surface area contributed by atoms with Crippen molar-refractivity contribution >= 4 is 17.1 Å². The van der Waals surface area contributed by atoms with E-state index in [0.29, 0.717) is 5.92 Å². The number of aliphatic imine (C=N–C) groups is 1. The summed E-state index contributed by atoms with van der Waals surface area (Å²) in [6, 6.07) is 8.90. The van der Waals surface area contributed by atoms with Gasteiger partial charge in [-0.15, -0.1) is 0 Å². The van der Waals surface area contributed by atoms with Crippen molar-refractivity contribution in [1.82, 2.24) is 4.57 Å². The highest BCUT2D eigenvalue weighted by molar-refractivity contribution is 5.84. The molecule has 0 aliphatic carbocycles. The Balaban J connectivity index is 2.23.